The number of benzene rings is 1. The van der Waals surface area contributed by atoms with Crippen LogP contribution in [0.25, 0.3) is 5.69 Å². The number of aryl methyl sites for hydroxylation is 1. The summed E-state index contributed by atoms with van der Waals surface area (Å²) in [4.78, 5) is 12.6. The Balaban J connectivity index is 1.74. The number of amides is 1. The number of carbonyl (C=O) groups is 1. The molecule has 1 saturated heterocycles. The molecule has 0 spiro atoms. The molecule has 0 aliphatic carbocycles. The predicted molar refractivity (Wildman–Crippen MR) is 86.0 cm³/mol. The Hall–Kier alpha value is -2.32. The van der Waals surface area contributed by atoms with Crippen LogP contribution >= 0.6 is 0 Å². The van der Waals surface area contributed by atoms with Gasteiger partial charge in [0.25, 0.3) is 5.91 Å². The van der Waals surface area contributed by atoms with Crippen LogP contribution < -0.4 is 5.32 Å². The number of carbonyl (C=O) groups excluding carboxylic acids is 1. The second-order valence-corrected chi connectivity index (χ2v) is 5.63. The number of hydrogen-bond donors (Lipinski definition) is 1. The van der Waals surface area contributed by atoms with Gasteiger partial charge in [0.2, 0.25) is 0 Å². The van der Waals surface area contributed by atoms with Gasteiger partial charge in [-0.2, -0.15) is 4.68 Å². The zero-order chi connectivity index (χ0) is 16.9. The fraction of sp³-hybridized carbons (Fsp3) is 0.500. The monoisotopic (exact) mass is 331 g/mol. The second-order valence-electron chi connectivity index (χ2n) is 5.63. The van der Waals surface area contributed by atoms with Crippen molar-refractivity contribution >= 4 is 5.91 Å². The van der Waals surface area contributed by atoms with Crippen molar-refractivity contribution in [1.82, 2.24) is 25.5 Å². The molecule has 1 N–H and O–H groups in total. The van der Waals surface area contributed by atoms with Gasteiger partial charge in [-0.05, 0) is 48.9 Å². The lowest BCUT2D eigenvalue weighted by atomic mass is 10.0. The van der Waals surface area contributed by atoms with Gasteiger partial charge >= 0.3 is 0 Å². The maximum atomic E-state index is 12.6. The van der Waals surface area contributed by atoms with Gasteiger partial charge in [0.15, 0.2) is 5.82 Å². The summed E-state index contributed by atoms with van der Waals surface area (Å²) in [5.41, 5.74) is 1.31. The normalized spacial score (nSPS) is 20.8. The van der Waals surface area contributed by atoms with Gasteiger partial charge in [0.1, 0.15) is 6.10 Å². The van der Waals surface area contributed by atoms with E-state index in [1.165, 1.54) is 0 Å². The Bertz CT molecular complexity index is 701. The first kappa shape index (κ1) is 16.5. The number of hydrogen-bond acceptors (Lipinski definition) is 6. The molecule has 2 heterocycles. The number of nitrogens with zero attached hydrogens (tertiary/aromatic N) is 4. The molecular formula is C16H21N5O3. The minimum atomic E-state index is -0.140. The summed E-state index contributed by atoms with van der Waals surface area (Å²) in [5, 5.41) is 14.5. The summed E-state index contributed by atoms with van der Waals surface area (Å²) in [6.07, 6.45) is 0.625. The summed E-state index contributed by atoms with van der Waals surface area (Å²) in [6.45, 7) is 5.46. The molecule has 0 saturated carbocycles. The average molecular weight is 331 g/mol. The summed E-state index contributed by atoms with van der Waals surface area (Å²) in [5.74, 6) is 0.521. The Morgan fingerprint density at radius 3 is 3.12 bits per heavy atom. The smallest absolute Gasteiger partial charge is 0.251 e. The SMILES string of the molecule is CCO[C@@H]1COCC[C@H]1NC(=O)c1cccc(-n2nnnc2C)c1. The third-order valence-electron chi connectivity index (χ3n) is 3.98. The van der Waals surface area contributed by atoms with Crippen LogP contribution in [0, 0.1) is 6.92 Å². The Morgan fingerprint density at radius 1 is 1.50 bits per heavy atom. The zero-order valence-corrected chi connectivity index (χ0v) is 13.8. The quantitative estimate of drug-likeness (QED) is 0.875. The van der Waals surface area contributed by atoms with Crippen LogP contribution in [0.15, 0.2) is 24.3 Å². The van der Waals surface area contributed by atoms with E-state index >= 15 is 0 Å². The maximum absolute atomic E-state index is 12.6. The fourth-order valence-electron chi connectivity index (χ4n) is 2.76. The molecule has 1 aromatic carbocycles. The Labute approximate surface area is 140 Å². The van der Waals surface area contributed by atoms with Crippen molar-refractivity contribution in [3.8, 4) is 5.69 Å². The molecule has 8 nitrogen and oxygen atoms in total. The van der Waals surface area contributed by atoms with Crippen LogP contribution in [-0.2, 0) is 9.47 Å². The standard InChI is InChI=1S/C16H21N5O3/c1-3-24-15-10-23-8-7-14(15)17-16(22)12-5-4-6-13(9-12)21-11(2)18-19-20-21/h4-6,9,14-15H,3,7-8,10H2,1-2H3,(H,17,22)/t14-,15-/m1/s1. The van der Waals surface area contributed by atoms with E-state index in [2.05, 4.69) is 20.8 Å². The van der Waals surface area contributed by atoms with Crippen molar-refractivity contribution in [1.29, 1.82) is 0 Å². The molecule has 1 amide bonds. The number of aromatic nitrogens is 4. The molecule has 0 bridgehead atoms. The van der Waals surface area contributed by atoms with Crippen molar-refractivity contribution in [3.05, 3.63) is 35.7 Å². The van der Waals surface area contributed by atoms with Gasteiger partial charge in [0.05, 0.1) is 18.3 Å². The van der Waals surface area contributed by atoms with Gasteiger partial charge in [-0.3, -0.25) is 4.79 Å². The second kappa shape index (κ2) is 7.50. The molecule has 2 aromatic rings. The molecule has 1 aliphatic rings. The summed E-state index contributed by atoms with van der Waals surface area (Å²) < 4.78 is 12.7. The van der Waals surface area contributed by atoms with Crippen molar-refractivity contribution in [2.45, 2.75) is 32.4 Å². The average Bonchev–Trinajstić information content (AvgIpc) is 3.03. The molecule has 8 heteroatoms. The fourth-order valence-corrected chi connectivity index (χ4v) is 2.76. The molecular weight excluding hydrogens is 310 g/mol. The molecule has 1 fully saturated rings. The van der Waals surface area contributed by atoms with Crippen LogP contribution in [0.2, 0.25) is 0 Å². The van der Waals surface area contributed by atoms with E-state index in [0.29, 0.717) is 31.2 Å². The van der Waals surface area contributed by atoms with E-state index in [1.807, 2.05) is 26.0 Å². The number of rotatable bonds is 5. The van der Waals surface area contributed by atoms with Gasteiger partial charge in [-0.25, -0.2) is 0 Å². The minimum Gasteiger partial charge on any atom is -0.379 e. The first-order chi connectivity index (χ1) is 11.7. The molecule has 128 valence electrons. The van der Waals surface area contributed by atoms with Crippen LogP contribution in [0.5, 0.6) is 0 Å². The molecule has 2 atom stereocenters. The Morgan fingerprint density at radius 2 is 2.38 bits per heavy atom. The summed E-state index contributed by atoms with van der Waals surface area (Å²) in [7, 11) is 0. The first-order valence-electron chi connectivity index (χ1n) is 8.04. The van der Waals surface area contributed by atoms with E-state index in [-0.39, 0.29) is 18.1 Å². The highest BCUT2D eigenvalue weighted by molar-refractivity contribution is 5.95. The van der Waals surface area contributed by atoms with Crippen molar-refractivity contribution < 1.29 is 14.3 Å². The van der Waals surface area contributed by atoms with Crippen molar-refractivity contribution in [2.24, 2.45) is 0 Å². The Kier molecular flexibility index (Phi) is 5.17. The van der Waals surface area contributed by atoms with E-state index < -0.39 is 0 Å². The summed E-state index contributed by atoms with van der Waals surface area (Å²) in [6, 6.07) is 7.17. The largest absolute Gasteiger partial charge is 0.379 e. The lowest BCUT2D eigenvalue weighted by Gasteiger charge is -2.31. The highest BCUT2D eigenvalue weighted by atomic mass is 16.5. The molecule has 0 radical (unpaired) electrons. The van der Waals surface area contributed by atoms with Gasteiger partial charge in [-0.1, -0.05) is 6.07 Å². The van der Waals surface area contributed by atoms with Crippen LogP contribution in [0.1, 0.15) is 29.5 Å². The van der Waals surface area contributed by atoms with Crippen molar-refractivity contribution in [2.75, 3.05) is 19.8 Å². The van der Waals surface area contributed by atoms with Crippen LogP contribution in [0.4, 0.5) is 0 Å². The topological polar surface area (TPSA) is 91.2 Å². The highest BCUT2D eigenvalue weighted by Gasteiger charge is 2.28. The molecule has 1 aliphatic heterocycles. The third-order valence-corrected chi connectivity index (χ3v) is 3.98. The van der Waals surface area contributed by atoms with E-state index in [1.54, 1.807) is 16.8 Å². The third kappa shape index (κ3) is 3.60. The summed E-state index contributed by atoms with van der Waals surface area (Å²) >= 11 is 0. The van der Waals surface area contributed by atoms with Gasteiger partial charge in [0, 0.05) is 18.8 Å². The molecule has 1 aromatic heterocycles. The van der Waals surface area contributed by atoms with E-state index in [4.69, 9.17) is 9.47 Å². The lowest BCUT2D eigenvalue weighted by Crippen LogP contribution is -2.50. The lowest BCUT2D eigenvalue weighted by molar-refractivity contribution is -0.0632. The van der Waals surface area contributed by atoms with E-state index in [9.17, 15) is 4.79 Å². The van der Waals surface area contributed by atoms with E-state index in [0.717, 1.165) is 12.1 Å². The van der Waals surface area contributed by atoms with Crippen LogP contribution in [0.3, 0.4) is 0 Å². The molecule has 0 unspecified atom stereocenters. The number of ether oxygens (including phenoxy) is 2. The van der Waals surface area contributed by atoms with Crippen LogP contribution in [-0.4, -0.2) is 58.1 Å². The highest BCUT2D eigenvalue weighted by Crippen LogP contribution is 2.14. The zero-order valence-electron chi connectivity index (χ0n) is 13.8. The van der Waals surface area contributed by atoms with Gasteiger partial charge < -0.3 is 14.8 Å². The van der Waals surface area contributed by atoms with Crippen molar-refractivity contribution in [3.63, 3.8) is 0 Å². The first-order valence-corrected chi connectivity index (χ1v) is 8.04. The molecule has 24 heavy (non-hydrogen) atoms. The molecule has 3 rings (SSSR count). The van der Waals surface area contributed by atoms with Gasteiger partial charge in [-0.15, -0.1) is 5.10 Å². The predicted octanol–water partition coefficient (Wildman–Crippen LogP) is 0.895. The number of nitrogens with one attached hydrogen (secondary N) is 1. The number of tetrazole rings is 1. The minimum absolute atomic E-state index is 0.0513. The maximum Gasteiger partial charge on any atom is 0.251 e.